The summed E-state index contributed by atoms with van der Waals surface area (Å²) in [6, 6.07) is 56.8. The Morgan fingerprint density at radius 1 is 0.758 bits per heavy atom. The van der Waals surface area contributed by atoms with Crippen molar-refractivity contribution in [2.75, 3.05) is 18.1 Å². The van der Waals surface area contributed by atoms with Crippen molar-refractivity contribution in [1.82, 2.24) is 10.2 Å². The SMILES string of the molecule is CC(C)[C@H](NC(=O)OCC1c2ccccc2-c2ccccc21)C(=O)O[C@H](/C=C/CCSC(c1ccccc1)(c1ccccc1)c1ccccc1)CC(=O)N1C(=S)SC[C@H]1Cc1ccccc1. The molecule has 6 aromatic carbocycles. The first kappa shape index (κ1) is 46.6. The molecule has 10 heteroatoms. The normalized spacial score (nSPS) is 15.6. The molecule has 336 valence electrons. The standard InChI is InChI=1S/C56H54N2O5S3/c1-39(2)52(57-54(61)62-37-50-48-32-17-15-30-46(48)47-31-16-18-33-49(47)50)53(60)63-45(36-51(59)58-44(38-65-55(58)64)35-40-21-7-3-8-22-40)29-19-20-34-66-56(41-23-9-4-10-24-41,42-25-11-5-12-26-42)43-27-13-6-14-28-43/h3-19,21-33,39,44-45,50,52H,20,34-38H2,1-2H3,(H,57,61)/b29-19+/t44-,45-,52+/m1/s1. The van der Waals surface area contributed by atoms with Crippen LogP contribution in [-0.4, -0.2) is 63.5 Å². The largest absolute Gasteiger partial charge is 0.456 e. The number of esters is 1. The van der Waals surface area contributed by atoms with E-state index < -0.39 is 29.0 Å². The van der Waals surface area contributed by atoms with Crippen molar-refractivity contribution in [2.45, 2.75) is 62.0 Å². The fourth-order valence-electron chi connectivity index (χ4n) is 9.01. The highest BCUT2D eigenvalue weighted by Crippen LogP contribution is 2.49. The lowest BCUT2D eigenvalue weighted by atomic mass is 9.84. The van der Waals surface area contributed by atoms with Gasteiger partial charge in [-0.1, -0.05) is 214 Å². The maximum Gasteiger partial charge on any atom is 0.407 e. The first-order valence-corrected chi connectivity index (χ1v) is 24.9. The molecule has 7 nitrogen and oxygen atoms in total. The third-order valence-electron chi connectivity index (χ3n) is 12.2. The van der Waals surface area contributed by atoms with Gasteiger partial charge in [-0.2, -0.15) is 0 Å². The molecule has 2 aliphatic rings. The van der Waals surface area contributed by atoms with Crippen molar-refractivity contribution in [2.24, 2.45) is 5.92 Å². The number of alkyl carbamates (subject to hydrolysis) is 1. The van der Waals surface area contributed by atoms with Crippen LogP contribution >= 0.6 is 35.7 Å². The molecule has 0 unspecified atom stereocenters. The molecule has 1 N–H and O–H groups in total. The average molecular weight is 931 g/mol. The van der Waals surface area contributed by atoms with Gasteiger partial charge in [0.2, 0.25) is 5.91 Å². The van der Waals surface area contributed by atoms with E-state index in [-0.39, 0.29) is 36.8 Å². The Kier molecular flexibility index (Phi) is 15.6. The van der Waals surface area contributed by atoms with Crippen LogP contribution in [0.15, 0.2) is 182 Å². The molecule has 6 aromatic rings. The number of nitrogens with one attached hydrogen (secondary N) is 1. The van der Waals surface area contributed by atoms with Crippen molar-refractivity contribution in [1.29, 1.82) is 0 Å². The molecule has 0 radical (unpaired) electrons. The molecule has 0 saturated carbocycles. The Labute approximate surface area is 402 Å². The lowest BCUT2D eigenvalue weighted by Gasteiger charge is -2.35. The second-order valence-corrected chi connectivity index (χ2v) is 19.9. The molecule has 1 heterocycles. The Morgan fingerprint density at radius 3 is 1.82 bits per heavy atom. The van der Waals surface area contributed by atoms with Gasteiger partial charge in [-0.15, -0.1) is 11.8 Å². The second kappa shape index (κ2) is 22.0. The third-order valence-corrected chi connectivity index (χ3v) is 15.3. The van der Waals surface area contributed by atoms with Crippen molar-refractivity contribution >= 4 is 58.0 Å². The zero-order valence-electron chi connectivity index (χ0n) is 37.2. The number of nitrogens with zero attached hydrogens (tertiary/aromatic N) is 1. The maximum absolute atomic E-state index is 14.3. The number of rotatable bonds is 18. The predicted octanol–water partition coefficient (Wildman–Crippen LogP) is 12.0. The number of amides is 2. The number of thiocarbonyl (C=S) groups is 1. The molecule has 8 rings (SSSR count). The maximum atomic E-state index is 14.3. The van der Waals surface area contributed by atoms with E-state index in [1.165, 1.54) is 28.5 Å². The van der Waals surface area contributed by atoms with Crippen LogP contribution in [0.5, 0.6) is 0 Å². The Bertz CT molecular complexity index is 2480. The minimum atomic E-state index is -1.03. The summed E-state index contributed by atoms with van der Waals surface area (Å²) in [5.41, 5.74) is 9.06. The van der Waals surface area contributed by atoms with Crippen molar-refractivity contribution in [3.05, 3.63) is 215 Å². The first-order valence-electron chi connectivity index (χ1n) is 22.5. The summed E-state index contributed by atoms with van der Waals surface area (Å²) >= 11 is 9.07. The van der Waals surface area contributed by atoms with Gasteiger partial charge < -0.3 is 14.8 Å². The van der Waals surface area contributed by atoms with Crippen molar-refractivity contribution in [3.8, 4) is 11.1 Å². The first-order chi connectivity index (χ1) is 32.2. The van der Waals surface area contributed by atoms with Crippen LogP contribution in [-0.2, 0) is 30.2 Å². The minimum absolute atomic E-state index is 0.107. The number of ether oxygens (including phenoxy) is 2. The Hall–Kier alpha value is -5.94. The molecular weight excluding hydrogens is 877 g/mol. The summed E-state index contributed by atoms with van der Waals surface area (Å²) < 4.78 is 12.1. The van der Waals surface area contributed by atoms with Crippen LogP contribution in [0, 0.1) is 5.92 Å². The van der Waals surface area contributed by atoms with Crippen LogP contribution in [0.4, 0.5) is 4.79 Å². The van der Waals surface area contributed by atoms with Crippen LogP contribution in [0.25, 0.3) is 11.1 Å². The molecular formula is C56H54N2O5S3. The van der Waals surface area contributed by atoms with Gasteiger partial charge in [-0.25, -0.2) is 9.59 Å². The number of fused-ring (bicyclic) bond motifs is 3. The molecule has 1 fully saturated rings. The van der Waals surface area contributed by atoms with Gasteiger partial charge >= 0.3 is 12.1 Å². The van der Waals surface area contributed by atoms with Crippen molar-refractivity contribution in [3.63, 3.8) is 0 Å². The topological polar surface area (TPSA) is 84.9 Å². The molecule has 1 aliphatic heterocycles. The molecule has 0 aromatic heterocycles. The molecule has 1 saturated heterocycles. The molecule has 2 amide bonds. The number of carbonyl (C=O) groups is 3. The van der Waals surface area contributed by atoms with Crippen LogP contribution in [0.1, 0.15) is 66.0 Å². The van der Waals surface area contributed by atoms with Crippen LogP contribution in [0.2, 0.25) is 0 Å². The van der Waals surface area contributed by atoms with Gasteiger partial charge in [0.1, 0.15) is 23.1 Å². The van der Waals surface area contributed by atoms with Crippen LogP contribution < -0.4 is 5.32 Å². The number of allylic oxidation sites excluding steroid dienone is 1. The Morgan fingerprint density at radius 2 is 1.27 bits per heavy atom. The molecule has 3 atom stereocenters. The molecule has 66 heavy (non-hydrogen) atoms. The van der Waals surface area contributed by atoms with Gasteiger partial charge in [0.15, 0.2) is 0 Å². The van der Waals surface area contributed by atoms with Gasteiger partial charge in [-0.3, -0.25) is 9.69 Å². The van der Waals surface area contributed by atoms with E-state index in [4.69, 9.17) is 21.7 Å². The summed E-state index contributed by atoms with van der Waals surface area (Å²) in [5.74, 6) is 0.0611. The highest BCUT2D eigenvalue weighted by atomic mass is 32.2. The van der Waals surface area contributed by atoms with E-state index in [0.29, 0.717) is 28.7 Å². The number of benzene rings is 6. The molecule has 0 bridgehead atoms. The van der Waals surface area contributed by atoms with Crippen LogP contribution in [0.3, 0.4) is 0 Å². The number of hydrogen-bond donors (Lipinski definition) is 1. The quantitative estimate of drug-likeness (QED) is 0.0300. The van der Waals surface area contributed by atoms with E-state index in [9.17, 15) is 14.4 Å². The van der Waals surface area contributed by atoms with E-state index in [2.05, 4.69) is 115 Å². The minimum Gasteiger partial charge on any atom is -0.456 e. The predicted molar refractivity (Wildman–Crippen MR) is 273 cm³/mol. The van der Waals surface area contributed by atoms with E-state index in [1.54, 1.807) is 4.90 Å². The summed E-state index contributed by atoms with van der Waals surface area (Å²) in [4.78, 5) is 43.7. The van der Waals surface area contributed by atoms with Gasteiger partial charge in [-0.05, 0) is 75.1 Å². The zero-order valence-corrected chi connectivity index (χ0v) is 39.6. The lowest BCUT2D eigenvalue weighted by molar-refractivity contribution is -0.152. The van der Waals surface area contributed by atoms with E-state index in [1.807, 2.05) is 98.4 Å². The average Bonchev–Trinajstić information content (AvgIpc) is 3.88. The lowest BCUT2D eigenvalue weighted by Crippen LogP contribution is -2.47. The fraction of sp³-hybridized carbons (Fsp3) is 0.250. The summed E-state index contributed by atoms with van der Waals surface area (Å²) in [6.07, 6.45) is 3.34. The highest BCUT2D eigenvalue weighted by Gasteiger charge is 2.38. The third kappa shape index (κ3) is 10.7. The summed E-state index contributed by atoms with van der Waals surface area (Å²) in [6.45, 7) is 3.79. The summed E-state index contributed by atoms with van der Waals surface area (Å²) in [5, 5.41) is 2.80. The number of thioether (sulfide) groups is 2. The van der Waals surface area contributed by atoms with E-state index >= 15 is 0 Å². The highest BCUT2D eigenvalue weighted by molar-refractivity contribution is 8.23. The number of hydrogen-bond acceptors (Lipinski definition) is 8. The second-order valence-electron chi connectivity index (χ2n) is 16.9. The Balaban J connectivity index is 0.993. The fourth-order valence-corrected chi connectivity index (χ4v) is 11.9. The van der Waals surface area contributed by atoms with E-state index in [0.717, 1.165) is 27.8 Å². The zero-order chi connectivity index (χ0) is 45.9. The van der Waals surface area contributed by atoms with Gasteiger partial charge in [0.05, 0.1) is 17.2 Å². The molecule has 1 aliphatic carbocycles. The van der Waals surface area contributed by atoms with Gasteiger partial charge in [0.25, 0.3) is 0 Å². The smallest absolute Gasteiger partial charge is 0.407 e. The molecule has 0 spiro atoms. The number of carbonyl (C=O) groups excluding carboxylic acids is 3. The summed E-state index contributed by atoms with van der Waals surface area (Å²) in [7, 11) is 0. The monoisotopic (exact) mass is 930 g/mol. The van der Waals surface area contributed by atoms with Gasteiger partial charge in [0, 0.05) is 11.7 Å². The van der Waals surface area contributed by atoms with Crippen molar-refractivity contribution < 1.29 is 23.9 Å².